The van der Waals surface area contributed by atoms with Gasteiger partial charge in [-0.1, -0.05) is 18.5 Å². The smallest absolute Gasteiger partial charge is 0.348 e. The van der Waals surface area contributed by atoms with Crippen molar-refractivity contribution in [2.45, 2.75) is 19.8 Å². The van der Waals surface area contributed by atoms with Gasteiger partial charge in [0, 0.05) is 23.8 Å². The fraction of sp³-hybridized carbons (Fsp3) is 0.429. The first-order valence-corrected chi connectivity index (χ1v) is 7.08. The predicted octanol–water partition coefficient (Wildman–Crippen LogP) is 2.92. The van der Waals surface area contributed by atoms with Gasteiger partial charge >= 0.3 is 6.03 Å². The van der Waals surface area contributed by atoms with E-state index in [0.29, 0.717) is 16.6 Å². The molecular weight excluding hydrogens is 276 g/mol. The van der Waals surface area contributed by atoms with Gasteiger partial charge in [-0.2, -0.15) is 4.99 Å². The summed E-state index contributed by atoms with van der Waals surface area (Å²) < 4.78 is 0. The molecule has 0 saturated carbocycles. The van der Waals surface area contributed by atoms with Crippen LogP contribution >= 0.6 is 11.6 Å². The van der Waals surface area contributed by atoms with Gasteiger partial charge in [-0.25, -0.2) is 4.79 Å². The van der Waals surface area contributed by atoms with Crippen molar-refractivity contribution < 1.29 is 4.79 Å². The number of amides is 2. The number of guanidine groups is 1. The van der Waals surface area contributed by atoms with Crippen molar-refractivity contribution in [3.63, 3.8) is 0 Å². The van der Waals surface area contributed by atoms with Crippen molar-refractivity contribution >= 4 is 29.3 Å². The van der Waals surface area contributed by atoms with E-state index in [1.54, 1.807) is 24.3 Å². The van der Waals surface area contributed by atoms with Gasteiger partial charge in [0.2, 0.25) is 5.96 Å². The van der Waals surface area contributed by atoms with Crippen LogP contribution in [-0.4, -0.2) is 30.0 Å². The molecule has 0 aliphatic carbocycles. The number of nitrogens with one attached hydrogen (secondary N) is 1. The van der Waals surface area contributed by atoms with Gasteiger partial charge in [0.25, 0.3) is 0 Å². The minimum Gasteiger partial charge on any atom is -0.369 e. The van der Waals surface area contributed by atoms with E-state index >= 15 is 0 Å². The summed E-state index contributed by atoms with van der Waals surface area (Å²) in [5, 5.41) is 3.28. The predicted molar refractivity (Wildman–Crippen MR) is 82.1 cm³/mol. The number of nitrogens with zero attached hydrogens (tertiary/aromatic N) is 2. The van der Waals surface area contributed by atoms with Crippen LogP contribution in [0.5, 0.6) is 0 Å². The summed E-state index contributed by atoms with van der Waals surface area (Å²) in [4.78, 5) is 17.6. The Balaban J connectivity index is 1.92. The molecule has 1 aliphatic rings. The van der Waals surface area contributed by atoms with Crippen molar-refractivity contribution in [2.75, 3.05) is 18.4 Å². The largest absolute Gasteiger partial charge is 0.369 e. The molecule has 1 saturated heterocycles. The molecule has 2 amide bonds. The Kier molecular flexibility index (Phi) is 4.84. The van der Waals surface area contributed by atoms with Crippen LogP contribution in [0.2, 0.25) is 5.02 Å². The standard InChI is InChI=1S/C14H19ClN4O/c1-10-6-8-19(9-7-10)13(16)18-14(20)17-12-4-2-11(15)3-5-12/h2-5,10H,6-9H2,1H3,(H3,16,17,18,20). The lowest BCUT2D eigenvalue weighted by molar-refractivity contribution is 0.257. The van der Waals surface area contributed by atoms with Crippen molar-refractivity contribution in [1.29, 1.82) is 0 Å². The Morgan fingerprint density at radius 1 is 1.35 bits per heavy atom. The van der Waals surface area contributed by atoms with Gasteiger partial charge in [0.05, 0.1) is 0 Å². The Hall–Kier alpha value is -1.75. The molecule has 1 aromatic carbocycles. The SMILES string of the molecule is CC1CCN(C(N)=NC(=O)Nc2ccc(Cl)cc2)CC1. The number of piperidine rings is 1. The Morgan fingerprint density at radius 2 is 1.95 bits per heavy atom. The second-order valence-corrected chi connectivity index (χ2v) is 5.51. The summed E-state index contributed by atoms with van der Waals surface area (Å²) >= 11 is 5.78. The molecule has 5 nitrogen and oxygen atoms in total. The van der Waals surface area contributed by atoms with Crippen LogP contribution in [0.15, 0.2) is 29.3 Å². The van der Waals surface area contributed by atoms with Crippen LogP contribution in [0.1, 0.15) is 19.8 Å². The number of halogens is 1. The summed E-state index contributed by atoms with van der Waals surface area (Å²) in [5.74, 6) is 0.991. The molecule has 0 spiro atoms. The van der Waals surface area contributed by atoms with Crippen LogP contribution in [0.25, 0.3) is 0 Å². The van der Waals surface area contributed by atoms with Crippen molar-refractivity contribution in [3.05, 3.63) is 29.3 Å². The van der Waals surface area contributed by atoms with Gasteiger partial charge < -0.3 is 16.0 Å². The first kappa shape index (κ1) is 14.7. The molecule has 6 heteroatoms. The molecule has 1 fully saturated rings. The van der Waals surface area contributed by atoms with Gasteiger partial charge in [-0.15, -0.1) is 0 Å². The zero-order valence-electron chi connectivity index (χ0n) is 11.5. The van der Waals surface area contributed by atoms with Crippen molar-refractivity contribution in [3.8, 4) is 0 Å². The van der Waals surface area contributed by atoms with Gasteiger partial charge in [0.15, 0.2) is 0 Å². The molecule has 0 bridgehead atoms. The summed E-state index contributed by atoms with van der Waals surface area (Å²) in [5.41, 5.74) is 6.51. The fourth-order valence-electron chi connectivity index (χ4n) is 2.10. The number of likely N-dealkylation sites (tertiary alicyclic amines) is 1. The molecule has 1 heterocycles. The minimum absolute atomic E-state index is 0.281. The van der Waals surface area contributed by atoms with E-state index in [2.05, 4.69) is 17.2 Å². The zero-order chi connectivity index (χ0) is 14.5. The first-order chi connectivity index (χ1) is 9.54. The van der Waals surface area contributed by atoms with Crippen LogP contribution in [0, 0.1) is 5.92 Å². The highest BCUT2D eigenvalue weighted by Crippen LogP contribution is 2.16. The maximum absolute atomic E-state index is 11.8. The van der Waals surface area contributed by atoms with E-state index in [4.69, 9.17) is 17.3 Å². The Bertz CT molecular complexity index is 492. The van der Waals surface area contributed by atoms with Crippen LogP contribution in [0.4, 0.5) is 10.5 Å². The molecule has 0 atom stereocenters. The highest BCUT2D eigenvalue weighted by molar-refractivity contribution is 6.30. The number of carbonyl (C=O) groups excluding carboxylic acids is 1. The molecule has 20 heavy (non-hydrogen) atoms. The van der Waals surface area contributed by atoms with E-state index in [9.17, 15) is 4.79 Å². The summed E-state index contributed by atoms with van der Waals surface area (Å²) in [6, 6.07) is 6.37. The Labute approximate surface area is 123 Å². The van der Waals surface area contributed by atoms with Crippen molar-refractivity contribution in [2.24, 2.45) is 16.6 Å². The number of hydrogen-bond acceptors (Lipinski definition) is 1. The second kappa shape index (κ2) is 6.61. The number of benzene rings is 1. The van der Waals surface area contributed by atoms with Crippen LogP contribution in [-0.2, 0) is 0 Å². The van der Waals surface area contributed by atoms with E-state index in [1.165, 1.54) is 0 Å². The molecular formula is C14H19ClN4O. The molecule has 0 unspecified atom stereocenters. The normalized spacial score (nSPS) is 17.1. The summed E-state index contributed by atoms with van der Waals surface area (Å²) in [7, 11) is 0. The number of rotatable bonds is 1. The number of aliphatic imine (C=N–C) groups is 1. The molecule has 1 aliphatic heterocycles. The third-order valence-corrected chi connectivity index (χ3v) is 3.67. The maximum Gasteiger partial charge on any atom is 0.348 e. The van der Waals surface area contributed by atoms with Crippen LogP contribution in [0.3, 0.4) is 0 Å². The topological polar surface area (TPSA) is 70.7 Å². The number of nitrogens with two attached hydrogens (primary N) is 1. The average Bonchev–Trinajstić information content (AvgIpc) is 2.42. The van der Waals surface area contributed by atoms with Crippen LogP contribution < -0.4 is 11.1 Å². The number of hydrogen-bond donors (Lipinski definition) is 2. The summed E-state index contributed by atoms with van der Waals surface area (Å²) in [6.45, 7) is 3.92. The second-order valence-electron chi connectivity index (χ2n) is 5.08. The summed E-state index contributed by atoms with van der Waals surface area (Å²) in [6.07, 6.45) is 2.16. The third-order valence-electron chi connectivity index (χ3n) is 3.42. The Morgan fingerprint density at radius 3 is 2.55 bits per heavy atom. The molecule has 1 aromatic rings. The molecule has 3 N–H and O–H groups in total. The van der Waals surface area contributed by atoms with E-state index in [-0.39, 0.29) is 5.96 Å². The average molecular weight is 295 g/mol. The van der Waals surface area contributed by atoms with Gasteiger partial charge in [0.1, 0.15) is 0 Å². The molecule has 0 aromatic heterocycles. The monoisotopic (exact) mass is 294 g/mol. The highest BCUT2D eigenvalue weighted by atomic mass is 35.5. The minimum atomic E-state index is -0.469. The number of urea groups is 1. The van der Waals surface area contributed by atoms with E-state index in [1.807, 2.05) is 4.90 Å². The van der Waals surface area contributed by atoms with E-state index < -0.39 is 6.03 Å². The quantitative estimate of drug-likeness (QED) is 0.618. The lowest BCUT2D eigenvalue weighted by atomic mass is 10.00. The molecule has 2 rings (SSSR count). The lowest BCUT2D eigenvalue weighted by Crippen LogP contribution is -2.43. The zero-order valence-corrected chi connectivity index (χ0v) is 12.2. The third kappa shape index (κ3) is 4.13. The number of carbonyl (C=O) groups is 1. The van der Waals surface area contributed by atoms with Crippen molar-refractivity contribution in [1.82, 2.24) is 4.90 Å². The lowest BCUT2D eigenvalue weighted by Gasteiger charge is -2.30. The fourth-order valence-corrected chi connectivity index (χ4v) is 2.22. The number of anilines is 1. The molecule has 0 radical (unpaired) electrons. The highest BCUT2D eigenvalue weighted by Gasteiger charge is 2.17. The molecule has 108 valence electrons. The maximum atomic E-state index is 11.8. The van der Waals surface area contributed by atoms with Gasteiger partial charge in [-0.05, 0) is 43.0 Å². The first-order valence-electron chi connectivity index (χ1n) is 6.70. The van der Waals surface area contributed by atoms with E-state index in [0.717, 1.165) is 25.9 Å². The van der Waals surface area contributed by atoms with Gasteiger partial charge in [-0.3, -0.25) is 0 Å².